The van der Waals surface area contributed by atoms with Crippen molar-refractivity contribution in [2.45, 2.75) is 0 Å². The molecule has 1 N–H and O–H groups in total. The summed E-state index contributed by atoms with van der Waals surface area (Å²) in [7, 11) is 0. The fourth-order valence-electron chi connectivity index (χ4n) is 2.72. The Morgan fingerprint density at radius 3 is 2.52 bits per heavy atom. The molecule has 2 aromatic carbocycles. The number of rotatable bonds is 4. The summed E-state index contributed by atoms with van der Waals surface area (Å²) in [6.45, 7) is 0. The van der Waals surface area contributed by atoms with Crippen molar-refractivity contribution < 1.29 is 9.90 Å². The Hall–Kier alpha value is -3.02. The van der Waals surface area contributed by atoms with Gasteiger partial charge in [0.15, 0.2) is 0 Å². The maximum atomic E-state index is 11.6. The first kappa shape index (κ1) is 17.4. The molecular formula is C21H13ClN2O2S. The van der Waals surface area contributed by atoms with Crippen LogP contribution in [0, 0.1) is 0 Å². The van der Waals surface area contributed by atoms with Gasteiger partial charge in [-0.05, 0) is 36.4 Å². The molecule has 4 rings (SSSR count). The van der Waals surface area contributed by atoms with Crippen LogP contribution in [0.25, 0.3) is 33.6 Å². The standard InChI is InChI=1S/C21H13ClN2O2S/c22-14-7-5-13(6-8-14)20-24-16(12-27-20)10-9-15-11-18(21(25)26)17-3-1-2-4-19(17)23-15/h1-12H,(H,25,26). The number of carboxylic acids is 1. The molecule has 4 aromatic rings. The summed E-state index contributed by atoms with van der Waals surface area (Å²) < 4.78 is 0. The monoisotopic (exact) mass is 392 g/mol. The van der Waals surface area contributed by atoms with Crippen LogP contribution in [0.4, 0.5) is 0 Å². The lowest BCUT2D eigenvalue weighted by molar-refractivity contribution is 0.0699. The molecule has 0 saturated carbocycles. The zero-order chi connectivity index (χ0) is 18.8. The van der Waals surface area contributed by atoms with Gasteiger partial charge in [0.1, 0.15) is 5.01 Å². The van der Waals surface area contributed by atoms with Crippen molar-refractivity contribution >= 4 is 52.0 Å². The Morgan fingerprint density at radius 2 is 1.74 bits per heavy atom. The normalized spacial score (nSPS) is 11.3. The van der Waals surface area contributed by atoms with Crippen molar-refractivity contribution in [2.75, 3.05) is 0 Å². The Balaban J connectivity index is 1.65. The van der Waals surface area contributed by atoms with E-state index in [1.807, 2.05) is 41.8 Å². The second kappa shape index (κ2) is 7.31. The highest BCUT2D eigenvalue weighted by atomic mass is 35.5. The molecule has 2 heterocycles. The number of thiazole rings is 1. The SMILES string of the molecule is O=C(O)c1cc(C=Cc2csc(-c3ccc(Cl)cc3)n2)nc2ccccc12. The number of benzene rings is 2. The third-order valence-corrected chi connectivity index (χ3v) is 5.17. The summed E-state index contributed by atoms with van der Waals surface area (Å²) in [6.07, 6.45) is 3.61. The average Bonchev–Trinajstić information content (AvgIpc) is 3.15. The van der Waals surface area contributed by atoms with Gasteiger partial charge in [0, 0.05) is 21.4 Å². The van der Waals surface area contributed by atoms with E-state index in [1.54, 1.807) is 30.3 Å². The minimum atomic E-state index is -0.970. The average molecular weight is 393 g/mol. The maximum Gasteiger partial charge on any atom is 0.336 e. The van der Waals surface area contributed by atoms with E-state index in [1.165, 1.54) is 11.3 Å². The zero-order valence-corrected chi connectivity index (χ0v) is 15.5. The number of carboxylic acid groups (broad SMARTS) is 1. The van der Waals surface area contributed by atoms with Crippen LogP contribution in [-0.2, 0) is 0 Å². The highest BCUT2D eigenvalue weighted by molar-refractivity contribution is 7.13. The summed E-state index contributed by atoms with van der Waals surface area (Å²) in [5, 5.41) is 13.6. The third kappa shape index (κ3) is 3.74. The summed E-state index contributed by atoms with van der Waals surface area (Å²) in [4.78, 5) is 20.7. The predicted octanol–water partition coefficient (Wildman–Crippen LogP) is 5.88. The molecule has 0 aliphatic heterocycles. The Bertz CT molecular complexity index is 1170. The van der Waals surface area contributed by atoms with Gasteiger partial charge in [-0.3, -0.25) is 0 Å². The fraction of sp³-hybridized carbons (Fsp3) is 0. The summed E-state index contributed by atoms with van der Waals surface area (Å²) in [6, 6.07) is 16.3. The van der Waals surface area contributed by atoms with Gasteiger partial charge in [0.2, 0.25) is 0 Å². The largest absolute Gasteiger partial charge is 0.478 e. The lowest BCUT2D eigenvalue weighted by Crippen LogP contribution is -2.00. The van der Waals surface area contributed by atoms with E-state index in [0.29, 0.717) is 21.6 Å². The molecule has 132 valence electrons. The van der Waals surface area contributed by atoms with Crippen LogP contribution in [0.3, 0.4) is 0 Å². The van der Waals surface area contributed by atoms with E-state index in [0.717, 1.165) is 16.3 Å². The van der Waals surface area contributed by atoms with E-state index in [4.69, 9.17) is 11.6 Å². The van der Waals surface area contributed by atoms with Gasteiger partial charge in [-0.25, -0.2) is 14.8 Å². The number of carbonyl (C=O) groups is 1. The number of para-hydroxylation sites is 1. The number of fused-ring (bicyclic) bond motifs is 1. The molecule has 0 aliphatic carbocycles. The molecule has 0 fully saturated rings. The first-order valence-electron chi connectivity index (χ1n) is 8.13. The van der Waals surface area contributed by atoms with Crippen molar-refractivity contribution in [3.05, 3.63) is 82.0 Å². The Kier molecular flexibility index (Phi) is 4.71. The van der Waals surface area contributed by atoms with Gasteiger partial charge in [-0.2, -0.15) is 0 Å². The Labute approximate surface area is 164 Å². The molecule has 0 unspecified atom stereocenters. The van der Waals surface area contributed by atoms with E-state index in [2.05, 4.69) is 9.97 Å². The van der Waals surface area contributed by atoms with Crippen molar-refractivity contribution in [1.82, 2.24) is 9.97 Å². The molecule has 0 bridgehead atoms. The molecule has 6 heteroatoms. The van der Waals surface area contributed by atoms with Gasteiger partial charge in [0.25, 0.3) is 0 Å². The third-order valence-electron chi connectivity index (χ3n) is 4.00. The fourth-order valence-corrected chi connectivity index (χ4v) is 3.64. The zero-order valence-electron chi connectivity index (χ0n) is 14.0. The van der Waals surface area contributed by atoms with Crippen molar-refractivity contribution in [3.63, 3.8) is 0 Å². The smallest absolute Gasteiger partial charge is 0.336 e. The molecule has 0 amide bonds. The van der Waals surface area contributed by atoms with Gasteiger partial charge < -0.3 is 5.11 Å². The molecule has 4 nitrogen and oxygen atoms in total. The van der Waals surface area contributed by atoms with Crippen molar-refractivity contribution in [2.24, 2.45) is 0 Å². The van der Waals surface area contributed by atoms with Crippen LogP contribution in [-0.4, -0.2) is 21.0 Å². The first-order chi connectivity index (χ1) is 13.1. The highest BCUT2D eigenvalue weighted by Gasteiger charge is 2.10. The lowest BCUT2D eigenvalue weighted by Gasteiger charge is -2.03. The van der Waals surface area contributed by atoms with E-state index in [9.17, 15) is 9.90 Å². The molecule has 27 heavy (non-hydrogen) atoms. The quantitative estimate of drug-likeness (QED) is 0.471. The van der Waals surface area contributed by atoms with E-state index >= 15 is 0 Å². The van der Waals surface area contributed by atoms with Crippen LogP contribution in [0.2, 0.25) is 5.02 Å². The van der Waals surface area contributed by atoms with Crippen LogP contribution in [0.1, 0.15) is 21.7 Å². The number of halogens is 1. The van der Waals surface area contributed by atoms with Gasteiger partial charge in [-0.1, -0.05) is 41.9 Å². The second-order valence-corrected chi connectivity index (χ2v) is 7.13. The number of aromatic carboxylic acids is 1. The maximum absolute atomic E-state index is 11.6. The van der Waals surface area contributed by atoms with E-state index < -0.39 is 5.97 Å². The van der Waals surface area contributed by atoms with Crippen LogP contribution in [0.15, 0.2) is 60.0 Å². The predicted molar refractivity (Wildman–Crippen MR) is 110 cm³/mol. The molecule has 0 spiro atoms. The van der Waals surface area contributed by atoms with Crippen molar-refractivity contribution in [3.8, 4) is 10.6 Å². The van der Waals surface area contributed by atoms with Gasteiger partial charge in [0.05, 0.1) is 22.5 Å². The minimum absolute atomic E-state index is 0.236. The molecule has 2 aromatic heterocycles. The number of hydrogen-bond donors (Lipinski definition) is 1. The Morgan fingerprint density at radius 1 is 1.00 bits per heavy atom. The minimum Gasteiger partial charge on any atom is -0.478 e. The van der Waals surface area contributed by atoms with Crippen LogP contribution in [0.5, 0.6) is 0 Å². The van der Waals surface area contributed by atoms with Gasteiger partial charge in [-0.15, -0.1) is 11.3 Å². The topological polar surface area (TPSA) is 63.1 Å². The van der Waals surface area contributed by atoms with Crippen LogP contribution >= 0.6 is 22.9 Å². The summed E-state index contributed by atoms with van der Waals surface area (Å²) in [5.41, 5.74) is 3.25. The number of aromatic nitrogens is 2. The lowest BCUT2D eigenvalue weighted by atomic mass is 10.1. The molecule has 0 aliphatic rings. The summed E-state index contributed by atoms with van der Waals surface area (Å²) >= 11 is 7.46. The number of hydrogen-bond acceptors (Lipinski definition) is 4. The molecule has 0 atom stereocenters. The molecule has 0 saturated heterocycles. The second-order valence-electron chi connectivity index (χ2n) is 5.83. The molecule has 0 radical (unpaired) electrons. The number of nitrogens with zero attached hydrogens (tertiary/aromatic N) is 2. The first-order valence-corrected chi connectivity index (χ1v) is 9.38. The van der Waals surface area contributed by atoms with E-state index in [-0.39, 0.29) is 5.56 Å². The van der Waals surface area contributed by atoms with Crippen molar-refractivity contribution in [1.29, 1.82) is 0 Å². The van der Waals surface area contributed by atoms with Gasteiger partial charge >= 0.3 is 5.97 Å². The summed E-state index contributed by atoms with van der Waals surface area (Å²) in [5.74, 6) is -0.970. The van der Waals surface area contributed by atoms with Crippen LogP contribution < -0.4 is 0 Å². The number of pyridine rings is 1. The molecular weight excluding hydrogens is 380 g/mol. The highest BCUT2D eigenvalue weighted by Crippen LogP contribution is 2.26.